The number of benzene rings is 2. The molecule has 1 aromatic heterocycles. The van der Waals surface area contributed by atoms with Gasteiger partial charge in [-0.05, 0) is 56.7 Å². The van der Waals surface area contributed by atoms with Crippen molar-refractivity contribution in [2.45, 2.75) is 26.8 Å². The minimum absolute atomic E-state index is 0.0164. The summed E-state index contributed by atoms with van der Waals surface area (Å²) in [6.07, 6.45) is 0. The van der Waals surface area contributed by atoms with Crippen molar-refractivity contribution in [3.63, 3.8) is 0 Å². The zero-order chi connectivity index (χ0) is 19.8. The molecule has 28 heavy (non-hydrogen) atoms. The lowest BCUT2D eigenvalue weighted by atomic mass is 10.1. The van der Waals surface area contributed by atoms with Crippen molar-refractivity contribution in [2.24, 2.45) is 0 Å². The van der Waals surface area contributed by atoms with Crippen molar-refractivity contribution in [3.05, 3.63) is 58.9 Å². The zero-order valence-electron chi connectivity index (χ0n) is 15.9. The van der Waals surface area contributed by atoms with Gasteiger partial charge in [0.1, 0.15) is 5.75 Å². The number of ether oxygens (including phenoxy) is 1. The van der Waals surface area contributed by atoms with Crippen LogP contribution in [-0.2, 0) is 4.79 Å². The first-order chi connectivity index (χ1) is 13.4. The summed E-state index contributed by atoms with van der Waals surface area (Å²) in [5.41, 5.74) is 5.17. The maximum atomic E-state index is 12.7. The van der Waals surface area contributed by atoms with Crippen LogP contribution in [0.15, 0.2) is 36.4 Å². The molecule has 2 N–H and O–H groups in total. The molecule has 0 saturated carbocycles. The number of carbonyl (C=O) groups is 2. The molecule has 2 aromatic carbocycles. The van der Waals surface area contributed by atoms with Crippen LogP contribution < -0.4 is 15.4 Å². The number of nitrogens with one attached hydrogen (secondary N) is 2. The normalized spacial score (nSPS) is 14.0. The molecule has 2 heterocycles. The summed E-state index contributed by atoms with van der Waals surface area (Å²) in [6.45, 7) is 5.72. The lowest BCUT2D eigenvalue weighted by Gasteiger charge is -2.21. The van der Waals surface area contributed by atoms with Gasteiger partial charge in [0.2, 0.25) is 0 Å². The smallest absolute Gasteiger partial charge is 0.262 e. The van der Waals surface area contributed by atoms with Crippen LogP contribution in [0.1, 0.15) is 40.3 Å². The van der Waals surface area contributed by atoms with E-state index in [0.29, 0.717) is 22.5 Å². The van der Waals surface area contributed by atoms with Crippen LogP contribution in [0, 0.1) is 13.8 Å². The molecule has 7 heteroatoms. The van der Waals surface area contributed by atoms with Gasteiger partial charge in [-0.15, -0.1) is 0 Å². The highest BCUT2D eigenvalue weighted by molar-refractivity contribution is 5.98. The molecule has 1 atom stereocenters. The molecule has 2 amide bonds. The second-order valence-corrected chi connectivity index (χ2v) is 6.89. The number of hydrogen-bond donors (Lipinski definition) is 2. The molecular formula is C21H20N4O3. The minimum Gasteiger partial charge on any atom is -0.482 e. The first kappa shape index (κ1) is 17.9. The van der Waals surface area contributed by atoms with E-state index < -0.39 is 0 Å². The van der Waals surface area contributed by atoms with Crippen LogP contribution in [-0.4, -0.2) is 28.4 Å². The van der Waals surface area contributed by atoms with Gasteiger partial charge < -0.3 is 15.4 Å². The SMILES string of the molecule is Cc1nc2ccc(C(=O)NC(C)c3ccc4c(c3)NC(=O)CO4)cc2nc1C. The molecular weight excluding hydrogens is 356 g/mol. The van der Waals surface area contributed by atoms with Crippen LogP contribution in [0.25, 0.3) is 11.0 Å². The van der Waals surface area contributed by atoms with Gasteiger partial charge in [-0.25, -0.2) is 9.97 Å². The Morgan fingerprint density at radius 1 is 1.11 bits per heavy atom. The third-order valence-corrected chi connectivity index (χ3v) is 4.82. The molecule has 0 spiro atoms. The summed E-state index contributed by atoms with van der Waals surface area (Å²) in [7, 11) is 0. The first-order valence-corrected chi connectivity index (χ1v) is 9.03. The van der Waals surface area contributed by atoms with Crippen molar-refractivity contribution in [3.8, 4) is 5.75 Å². The van der Waals surface area contributed by atoms with Gasteiger partial charge >= 0.3 is 0 Å². The highest BCUT2D eigenvalue weighted by Crippen LogP contribution is 2.30. The van der Waals surface area contributed by atoms with Crippen molar-refractivity contribution in [1.29, 1.82) is 0 Å². The van der Waals surface area contributed by atoms with Crippen molar-refractivity contribution < 1.29 is 14.3 Å². The average Bonchev–Trinajstić information content (AvgIpc) is 2.67. The Morgan fingerprint density at radius 2 is 1.86 bits per heavy atom. The molecule has 0 saturated heterocycles. The molecule has 1 aliphatic rings. The molecule has 3 aromatic rings. The third kappa shape index (κ3) is 3.38. The summed E-state index contributed by atoms with van der Waals surface area (Å²) in [5.74, 6) is 0.234. The largest absolute Gasteiger partial charge is 0.482 e. The van der Waals surface area contributed by atoms with E-state index in [9.17, 15) is 9.59 Å². The fourth-order valence-corrected chi connectivity index (χ4v) is 3.11. The number of amides is 2. The van der Waals surface area contributed by atoms with Crippen molar-refractivity contribution in [2.75, 3.05) is 11.9 Å². The van der Waals surface area contributed by atoms with Gasteiger partial charge in [0, 0.05) is 5.56 Å². The minimum atomic E-state index is -0.252. The van der Waals surface area contributed by atoms with E-state index in [4.69, 9.17) is 4.74 Å². The summed E-state index contributed by atoms with van der Waals surface area (Å²) in [6, 6.07) is 10.5. The van der Waals surface area contributed by atoms with E-state index in [0.717, 1.165) is 22.5 Å². The van der Waals surface area contributed by atoms with Crippen LogP contribution in [0.4, 0.5) is 5.69 Å². The number of rotatable bonds is 3. The molecule has 4 rings (SSSR count). The van der Waals surface area contributed by atoms with Crippen LogP contribution >= 0.6 is 0 Å². The monoisotopic (exact) mass is 376 g/mol. The number of hydrogen-bond acceptors (Lipinski definition) is 5. The van der Waals surface area contributed by atoms with Crippen LogP contribution in [0.5, 0.6) is 5.75 Å². The number of carbonyl (C=O) groups excluding carboxylic acids is 2. The zero-order valence-corrected chi connectivity index (χ0v) is 15.9. The Bertz CT molecular complexity index is 1110. The molecule has 0 aliphatic carbocycles. The Morgan fingerprint density at radius 3 is 2.64 bits per heavy atom. The molecule has 0 bridgehead atoms. The maximum Gasteiger partial charge on any atom is 0.262 e. The van der Waals surface area contributed by atoms with E-state index in [1.54, 1.807) is 24.3 Å². The number of aryl methyl sites for hydroxylation is 2. The molecule has 0 fully saturated rings. The van der Waals surface area contributed by atoms with Gasteiger partial charge in [-0.2, -0.15) is 0 Å². The van der Waals surface area contributed by atoms with Gasteiger partial charge in [0.15, 0.2) is 6.61 Å². The highest BCUT2D eigenvalue weighted by atomic mass is 16.5. The molecule has 142 valence electrons. The fraction of sp³-hybridized carbons (Fsp3) is 0.238. The highest BCUT2D eigenvalue weighted by Gasteiger charge is 2.19. The van der Waals surface area contributed by atoms with E-state index >= 15 is 0 Å². The predicted octanol–water partition coefficient (Wildman–Crippen LogP) is 3.07. The van der Waals surface area contributed by atoms with E-state index in [1.165, 1.54) is 0 Å². The summed E-state index contributed by atoms with van der Waals surface area (Å²) in [4.78, 5) is 33.2. The number of aromatic nitrogens is 2. The topological polar surface area (TPSA) is 93.2 Å². The molecule has 7 nitrogen and oxygen atoms in total. The quantitative estimate of drug-likeness (QED) is 0.733. The Balaban J connectivity index is 1.54. The first-order valence-electron chi connectivity index (χ1n) is 9.03. The van der Waals surface area contributed by atoms with Crippen molar-refractivity contribution >= 4 is 28.5 Å². The molecule has 1 unspecified atom stereocenters. The van der Waals surface area contributed by atoms with Gasteiger partial charge in [0.05, 0.1) is 34.2 Å². The van der Waals surface area contributed by atoms with Crippen molar-refractivity contribution in [1.82, 2.24) is 15.3 Å². The summed E-state index contributed by atoms with van der Waals surface area (Å²) < 4.78 is 5.37. The second kappa shape index (κ2) is 6.92. The van der Waals surface area contributed by atoms with Crippen LogP contribution in [0.2, 0.25) is 0 Å². The number of fused-ring (bicyclic) bond motifs is 2. The maximum absolute atomic E-state index is 12.7. The average molecular weight is 376 g/mol. The molecule has 1 aliphatic heterocycles. The lowest BCUT2D eigenvalue weighted by molar-refractivity contribution is -0.118. The standard InChI is InChI=1S/C21H20N4O3/c1-11-12(2)23-17-9-15(4-6-16(17)22-11)21(27)24-13(3)14-5-7-19-18(8-14)25-20(26)10-28-19/h4-9,13H,10H2,1-3H3,(H,24,27)(H,25,26). The fourth-order valence-electron chi connectivity index (χ4n) is 3.11. The Labute approximate surface area is 162 Å². The summed E-state index contributed by atoms with van der Waals surface area (Å²) in [5, 5.41) is 5.76. The predicted molar refractivity (Wildman–Crippen MR) is 105 cm³/mol. The van der Waals surface area contributed by atoms with Gasteiger partial charge in [0.25, 0.3) is 11.8 Å². The molecule has 0 radical (unpaired) electrons. The van der Waals surface area contributed by atoms with E-state index in [-0.39, 0.29) is 24.5 Å². The van der Waals surface area contributed by atoms with Crippen LogP contribution in [0.3, 0.4) is 0 Å². The number of anilines is 1. The Kier molecular flexibility index (Phi) is 4.43. The lowest BCUT2D eigenvalue weighted by Crippen LogP contribution is -2.28. The van der Waals surface area contributed by atoms with E-state index in [1.807, 2.05) is 32.9 Å². The second-order valence-electron chi connectivity index (χ2n) is 6.89. The van der Waals surface area contributed by atoms with Gasteiger partial charge in [-0.1, -0.05) is 6.07 Å². The Hall–Kier alpha value is -3.48. The van der Waals surface area contributed by atoms with Gasteiger partial charge in [-0.3, -0.25) is 9.59 Å². The third-order valence-electron chi connectivity index (χ3n) is 4.82. The summed E-state index contributed by atoms with van der Waals surface area (Å²) >= 11 is 0. The van der Waals surface area contributed by atoms with E-state index in [2.05, 4.69) is 20.6 Å². The number of nitrogens with zero attached hydrogens (tertiary/aromatic N) is 2.